The maximum absolute atomic E-state index is 12.2. The Kier molecular flexibility index (Phi) is 3.74. The molecule has 2 unspecified atom stereocenters. The molecule has 1 rings (SSSR count). The van der Waals surface area contributed by atoms with Gasteiger partial charge < -0.3 is 10.8 Å². The van der Waals surface area contributed by atoms with Gasteiger partial charge in [-0.15, -0.1) is 0 Å². The van der Waals surface area contributed by atoms with Crippen LogP contribution < -0.4 is 5.73 Å². The SMILES string of the molecule is NCCN1CCCC1C(O)C(F)(F)F. The van der Waals surface area contributed by atoms with E-state index in [1.54, 1.807) is 4.90 Å². The molecule has 0 saturated carbocycles. The van der Waals surface area contributed by atoms with E-state index in [2.05, 4.69) is 0 Å². The predicted molar refractivity (Wildman–Crippen MR) is 45.7 cm³/mol. The van der Waals surface area contributed by atoms with E-state index in [1.165, 1.54) is 0 Å². The average molecular weight is 212 g/mol. The van der Waals surface area contributed by atoms with Crippen molar-refractivity contribution in [3.8, 4) is 0 Å². The minimum Gasteiger partial charge on any atom is -0.382 e. The summed E-state index contributed by atoms with van der Waals surface area (Å²) in [5.41, 5.74) is 5.28. The number of aliphatic hydroxyl groups excluding tert-OH is 1. The Hall–Kier alpha value is -0.330. The summed E-state index contributed by atoms with van der Waals surface area (Å²) >= 11 is 0. The van der Waals surface area contributed by atoms with Gasteiger partial charge in [-0.25, -0.2) is 0 Å². The Bertz CT molecular complexity index is 186. The number of alkyl halides is 3. The second-order valence-electron chi connectivity index (χ2n) is 3.52. The van der Waals surface area contributed by atoms with Gasteiger partial charge >= 0.3 is 6.18 Å². The number of likely N-dealkylation sites (tertiary alicyclic amines) is 1. The third kappa shape index (κ3) is 2.59. The average Bonchev–Trinajstić information content (AvgIpc) is 2.50. The van der Waals surface area contributed by atoms with Crippen molar-refractivity contribution in [2.45, 2.75) is 31.2 Å². The smallest absolute Gasteiger partial charge is 0.382 e. The lowest BCUT2D eigenvalue weighted by atomic mass is 10.1. The van der Waals surface area contributed by atoms with Gasteiger partial charge in [0.15, 0.2) is 6.10 Å². The van der Waals surface area contributed by atoms with Crippen molar-refractivity contribution in [1.82, 2.24) is 4.90 Å². The normalized spacial score (nSPS) is 26.8. The van der Waals surface area contributed by atoms with Crippen molar-refractivity contribution in [3.05, 3.63) is 0 Å². The summed E-state index contributed by atoms with van der Waals surface area (Å²) in [7, 11) is 0. The van der Waals surface area contributed by atoms with E-state index in [1.807, 2.05) is 0 Å². The topological polar surface area (TPSA) is 49.5 Å². The molecule has 1 aliphatic rings. The Labute approximate surface area is 80.7 Å². The van der Waals surface area contributed by atoms with Crippen molar-refractivity contribution in [3.63, 3.8) is 0 Å². The van der Waals surface area contributed by atoms with Crippen molar-refractivity contribution >= 4 is 0 Å². The molecule has 0 spiro atoms. The van der Waals surface area contributed by atoms with Gasteiger partial charge in [0, 0.05) is 19.1 Å². The van der Waals surface area contributed by atoms with Crippen LogP contribution in [-0.4, -0.2) is 48.0 Å². The lowest BCUT2D eigenvalue weighted by Gasteiger charge is -2.29. The zero-order chi connectivity index (χ0) is 10.8. The third-order valence-electron chi connectivity index (χ3n) is 2.53. The Morgan fingerprint density at radius 2 is 2.14 bits per heavy atom. The lowest BCUT2D eigenvalue weighted by molar-refractivity contribution is -0.219. The number of rotatable bonds is 3. The molecule has 3 N–H and O–H groups in total. The van der Waals surface area contributed by atoms with Crippen LogP contribution in [-0.2, 0) is 0 Å². The fourth-order valence-corrected chi connectivity index (χ4v) is 1.87. The summed E-state index contributed by atoms with van der Waals surface area (Å²) in [6.07, 6.45) is -5.68. The van der Waals surface area contributed by atoms with Crippen molar-refractivity contribution < 1.29 is 18.3 Å². The maximum atomic E-state index is 12.2. The fraction of sp³-hybridized carbons (Fsp3) is 1.00. The van der Waals surface area contributed by atoms with Crippen LogP contribution in [0.15, 0.2) is 0 Å². The van der Waals surface area contributed by atoms with E-state index in [0.29, 0.717) is 32.5 Å². The Morgan fingerprint density at radius 3 is 2.64 bits per heavy atom. The molecule has 1 heterocycles. The number of nitrogens with two attached hydrogens (primary N) is 1. The van der Waals surface area contributed by atoms with Crippen LogP contribution in [0.1, 0.15) is 12.8 Å². The van der Waals surface area contributed by atoms with Crippen molar-refractivity contribution in [2.75, 3.05) is 19.6 Å². The molecule has 6 heteroatoms. The largest absolute Gasteiger partial charge is 0.415 e. The van der Waals surface area contributed by atoms with Crippen molar-refractivity contribution in [2.24, 2.45) is 5.73 Å². The standard InChI is InChI=1S/C8H15F3N2O/c9-8(10,11)7(14)6-2-1-4-13(6)5-3-12/h6-7,14H,1-5,12H2. The van der Waals surface area contributed by atoms with Crippen LogP contribution in [0.2, 0.25) is 0 Å². The van der Waals surface area contributed by atoms with E-state index in [0.717, 1.165) is 0 Å². The molecule has 0 aromatic rings. The van der Waals surface area contributed by atoms with E-state index in [-0.39, 0.29) is 0 Å². The molecule has 0 aromatic heterocycles. The number of hydrogen-bond donors (Lipinski definition) is 2. The molecular weight excluding hydrogens is 197 g/mol. The third-order valence-corrected chi connectivity index (χ3v) is 2.53. The molecule has 0 radical (unpaired) electrons. The van der Waals surface area contributed by atoms with Crippen LogP contribution in [0, 0.1) is 0 Å². The first-order valence-corrected chi connectivity index (χ1v) is 4.65. The lowest BCUT2D eigenvalue weighted by Crippen LogP contribution is -2.48. The minimum atomic E-state index is -4.53. The molecule has 14 heavy (non-hydrogen) atoms. The van der Waals surface area contributed by atoms with Crippen LogP contribution in [0.3, 0.4) is 0 Å². The number of halogens is 3. The van der Waals surface area contributed by atoms with Gasteiger partial charge in [-0.05, 0) is 19.4 Å². The number of hydrogen-bond acceptors (Lipinski definition) is 3. The highest BCUT2D eigenvalue weighted by molar-refractivity contribution is 4.88. The van der Waals surface area contributed by atoms with Gasteiger partial charge in [0.05, 0.1) is 0 Å². The quantitative estimate of drug-likeness (QED) is 0.709. The molecule has 2 atom stereocenters. The van der Waals surface area contributed by atoms with E-state index in [9.17, 15) is 13.2 Å². The monoisotopic (exact) mass is 212 g/mol. The zero-order valence-electron chi connectivity index (χ0n) is 7.80. The molecule has 1 aliphatic heterocycles. The summed E-state index contributed by atoms with van der Waals surface area (Å²) in [6.45, 7) is 1.33. The summed E-state index contributed by atoms with van der Waals surface area (Å²) in [5, 5.41) is 9.08. The first-order chi connectivity index (χ1) is 6.46. The van der Waals surface area contributed by atoms with Gasteiger partial charge in [-0.1, -0.05) is 0 Å². The van der Waals surface area contributed by atoms with E-state index >= 15 is 0 Å². The molecule has 1 fully saturated rings. The highest BCUT2D eigenvalue weighted by atomic mass is 19.4. The summed E-state index contributed by atoms with van der Waals surface area (Å²) in [4.78, 5) is 1.61. The van der Waals surface area contributed by atoms with Gasteiger partial charge in [-0.2, -0.15) is 13.2 Å². The predicted octanol–water partition coefficient (Wildman–Crippen LogP) is 0.333. The maximum Gasteiger partial charge on any atom is 0.415 e. The molecule has 84 valence electrons. The number of nitrogens with zero attached hydrogens (tertiary/aromatic N) is 1. The zero-order valence-corrected chi connectivity index (χ0v) is 7.80. The molecule has 1 saturated heterocycles. The fourth-order valence-electron chi connectivity index (χ4n) is 1.87. The van der Waals surface area contributed by atoms with Gasteiger partial charge in [0.25, 0.3) is 0 Å². The first kappa shape index (κ1) is 11.7. The highest BCUT2D eigenvalue weighted by Crippen LogP contribution is 2.30. The number of aliphatic hydroxyl groups is 1. The summed E-state index contributed by atoms with van der Waals surface area (Å²) in [6, 6.07) is -0.807. The highest BCUT2D eigenvalue weighted by Gasteiger charge is 2.46. The van der Waals surface area contributed by atoms with Gasteiger partial charge in [-0.3, -0.25) is 4.90 Å². The second-order valence-corrected chi connectivity index (χ2v) is 3.52. The van der Waals surface area contributed by atoms with Crippen LogP contribution in [0.5, 0.6) is 0 Å². The minimum absolute atomic E-state index is 0.321. The first-order valence-electron chi connectivity index (χ1n) is 4.65. The Balaban J connectivity index is 2.57. The Morgan fingerprint density at radius 1 is 1.50 bits per heavy atom. The molecular formula is C8H15F3N2O. The summed E-state index contributed by atoms with van der Waals surface area (Å²) in [5.74, 6) is 0. The molecule has 0 bridgehead atoms. The van der Waals surface area contributed by atoms with Gasteiger partial charge in [0.2, 0.25) is 0 Å². The van der Waals surface area contributed by atoms with E-state index < -0.39 is 18.3 Å². The molecule has 0 amide bonds. The van der Waals surface area contributed by atoms with Crippen molar-refractivity contribution in [1.29, 1.82) is 0 Å². The molecule has 0 aromatic carbocycles. The van der Waals surface area contributed by atoms with E-state index in [4.69, 9.17) is 10.8 Å². The van der Waals surface area contributed by atoms with Crippen LogP contribution in [0.25, 0.3) is 0 Å². The second kappa shape index (κ2) is 4.46. The van der Waals surface area contributed by atoms with Gasteiger partial charge in [0.1, 0.15) is 0 Å². The summed E-state index contributed by atoms with van der Waals surface area (Å²) < 4.78 is 36.6. The van der Waals surface area contributed by atoms with Crippen LogP contribution in [0.4, 0.5) is 13.2 Å². The van der Waals surface area contributed by atoms with Crippen LogP contribution >= 0.6 is 0 Å². The molecule has 0 aliphatic carbocycles. The molecule has 3 nitrogen and oxygen atoms in total.